The van der Waals surface area contributed by atoms with Gasteiger partial charge in [-0.25, -0.2) is 0 Å². The van der Waals surface area contributed by atoms with Crippen LogP contribution < -0.4 is 10.2 Å². The van der Waals surface area contributed by atoms with E-state index in [0.717, 1.165) is 32.5 Å². The van der Waals surface area contributed by atoms with E-state index in [4.69, 9.17) is 4.74 Å². The minimum atomic E-state index is 0.192. The van der Waals surface area contributed by atoms with Crippen LogP contribution >= 0.6 is 0 Å². The average Bonchev–Trinajstić information content (AvgIpc) is 2.72. The predicted octanol–water partition coefficient (Wildman–Crippen LogP) is -0.259. The molecule has 0 aliphatic carbocycles. The van der Waals surface area contributed by atoms with Crippen LogP contribution in [0.15, 0.2) is 0 Å². The number of hydrogen-bond acceptors (Lipinski definition) is 2. The summed E-state index contributed by atoms with van der Waals surface area (Å²) in [6.45, 7) is 4.53. The van der Waals surface area contributed by atoms with Crippen molar-refractivity contribution in [3.05, 3.63) is 0 Å². The Morgan fingerprint density at radius 2 is 1.94 bits per heavy atom. The fourth-order valence-corrected chi connectivity index (χ4v) is 2.73. The summed E-state index contributed by atoms with van der Waals surface area (Å²) in [5.74, 6) is 0.192. The van der Waals surface area contributed by atoms with Crippen molar-refractivity contribution in [3.63, 3.8) is 0 Å². The van der Waals surface area contributed by atoms with Crippen molar-refractivity contribution < 1.29 is 14.4 Å². The van der Waals surface area contributed by atoms with Crippen LogP contribution in [0.3, 0.4) is 0 Å². The summed E-state index contributed by atoms with van der Waals surface area (Å²) in [6, 6.07) is 0. The van der Waals surface area contributed by atoms with E-state index in [0.29, 0.717) is 13.1 Å². The Labute approximate surface area is 104 Å². The van der Waals surface area contributed by atoms with Crippen molar-refractivity contribution in [1.29, 1.82) is 0 Å². The zero-order chi connectivity index (χ0) is 11.9. The molecule has 2 aliphatic heterocycles. The zero-order valence-corrected chi connectivity index (χ0v) is 10.7. The summed E-state index contributed by atoms with van der Waals surface area (Å²) >= 11 is 0. The molecule has 1 amide bonds. The second kappa shape index (κ2) is 6.97. The smallest absolute Gasteiger partial charge is 0.275 e. The second-order valence-electron chi connectivity index (χ2n) is 5.28. The molecule has 0 bridgehead atoms. The summed E-state index contributed by atoms with van der Waals surface area (Å²) in [5.41, 5.74) is 0. The van der Waals surface area contributed by atoms with Gasteiger partial charge in [0.2, 0.25) is 0 Å². The quantitative estimate of drug-likeness (QED) is 0.712. The van der Waals surface area contributed by atoms with E-state index in [9.17, 15) is 4.79 Å². The van der Waals surface area contributed by atoms with Crippen molar-refractivity contribution in [2.24, 2.45) is 0 Å². The first kappa shape index (κ1) is 12.8. The molecule has 2 heterocycles. The lowest BCUT2D eigenvalue weighted by Gasteiger charge is -2.17. The maximum absolute atomic E-state index is 11.8. The van der Waals surface area contributed by atoms with Gasteiger partial charge in [-0.05, 0) is 38.5 Å². The number of likely N-dealkylation sites (tertiary alicyclic amines) is 1. The molecule has 2 fully saturated rings. The summed E-state index contributed by atoms with van der Waals surface area (Å²) in [6.07, 6.45) is 7.71. The monoisotopic (exact) mass is 241 g/mol. The zero-order valence-electron chi connectivity index (χ0n) is 10.7. The van der Waals surface area contributed by atoms with Crippen molar-refractivity contribution in [3.8, 4) is 0 Å². The highest BCUT2D eigenvalue weighted by atomic mass is 16.5. The number of amides is 1. The molecular weight excluding hydrogens is 216 g/mol. The fraction of sp³-hybridized carbons (Fsp3) is 0.923. The number of carbonyl (C=O) groups is 1. The first-order valence-electron chi connectivity index (χ1n) is 7.06. The number of quaternary nitrogens is 1. The highest BCUT2D eigenvalue weighted by Crippen LogP contribution is 2.10. The number of hydrogen-bond donors (Lipinski definition) is 2. The van der Waals surface area contributed by atoms with Gasteiger partial charge < -0.3 is 15.0 Å². The molecule has 4 nitrogen and oxygen atoms in total. The summed E-state index contributed by atoms with van der Waals surface area (Å²) in [5, 5.41) is 3.01. The van der Waals surface area contributed by atoms with E-state index in [1.165, 1.54) is 30.6 Å². The molecule has 0 aromatic carbocycles. The molecule has 2 N–H and O–H groups in total. The van der Waals surface area contributed by atoms with E-state index in [1.807, 2.05) is 0 Å². The fourth-order valence-electron chi connectivity index (χ4n) is 2.73. The van der Waals surface area contributed by atoms with E-state index in [2.05, 4.69) is 5.32 Å². The maximum atomic E-state index is 11.8. The van der Waals surface area contributed by atoms with Crippen molar-refractivity contribution in [2.75, 3.05) is 32.8 Å². The van der Waals surface area contributed by atoms with Crippen molar-refractivity contribution in [1.82, 2.24) is 5.32 Å². The van der Waals surface area contributed by atoms with Crippen LogP contribution in [0.5, 0.6) is 0 Å². The average molecular weight is 241 g/mol. The highest BCUT2D eigenvalue weighted by molar-refractivity contribution is 5.76. The molecule has 0 unspecified atom stereocenters. The Hall–Kier alpha value is -0.610. The normalized spacial score (nSPS) is 26.7. The van der Waals surface area contributed by atoms with Crippen LogP contribution in [0.4, 0.5) is 0 Å². The molecule has 0 aromatic rings. The van der Waals surface area contributed by atoms with Gasteiger partial charge in [-0.15, -0.1) is 0 Å². The van der Waals surface area contributed by atoms with Crippen LogP contribution in [0.2, 0.25) is 0 Å². The van der Waals surface area contributed by atoms with E-state index < -0.39 is 0 Å². The molecule has 2 aliphatic rings. The molecule has 0 saturated carbocycles. The Balaban J connectivity index is 1.61. The lowest BCUT2D eigenvalue weighted by molar-refractivity contribution is -0.891. The van der Waals surface area contributed by atoms with Crippen molar-refractivity contribution in [2.45, 2.75) is 44.6 Å². The highest BCUT2D eigenvalue weighted by Gasteiger charge is 2.19. The number of rotatable bonds is 4. The number of carbonyl (C=O) groups excluding carboxylic acids is 1. The first-order valence-corrected chi connectivity index (χ1v) is 7.06. The van der Waals surface area contributed by atoms with Gasteiger partial charge in [0, 0.05) is 13.2 Å². The number of ether oxygens (including phenoxy) is 1. The third-order valence-electron chi connectivity index (χ3n) is 3.77. The maximum Gasteiger partial charge on any atom is 0.275 e. The molecular formula is C13H25N2O2+. The molecule has 0 spiro atoms. The lowest BCUT2D eigenvalue weighted by atomic mass is 10.2. The molecule has 2 rings (SSSR count). The van der Waals surface area contributed by atoms with Gasteiger partial charge >= 0.3 is 0 Å². The van der Waals surface area contributed by atoms with Gasteiger partial charge in [0.05, 0.1) is 19.2 Å². The van der Waals surface area contributed by atoms with Gasteiger partial charge in [0.25, 0.3) is 5.91 Å². The number of nitrogens with one attached hydrogen (secondary N) is 2. The summed E-state index contributed by atoms with van der Waals surface area (Å²) in [4.78, 5) is 13.2. The SMILES string of the molecule is O=C(C[NH+]1CCCCCC1)NC[C@@H]1CCCO1. The topological polar surface area (TPSA) is 42.8 Å². The summed E-state index contributed by atoms with van der Waals surface area (Å²) in [7, 11) is 0. The van der Waals surface area contributed by atoms with Gasteiger partial charge in [-0.1, -0.05) is 0 Å². The molecule has 17 heavy (non-hydrogen) atoms. The van der Waals surface area contributed by atoms with Crippen LogP contribution in [0.25, 0.3) is 0 Å². The summed E-state index contributed by atoms with van der Waals surface area (Å²) < 4.78 is 5.49. The van der Waals surface area contributed by atoms with Gasteiger partial charge in [-0.3, -0.25) is 4.79 Å². The molecule has 0 radical (unpaired) electrons. The Bertz CT molecular complexity index is 232. The first-order chi connectivity index (χ1) is 8.34. The Morgan fingerprint density at radius 3 is 2.59 bits per heavy atom. The van der Waals surface area contributed by atoms with Gasteiger partial charge in [0.1, 0.15) is 0 Å². The van der Waals surface area contributed by atoms with Gasteiger partial charge in [0.15, 0.2) is 6.54 Å². The predicted molar refractivity (Wildman–Crippen MR) is 66.0 cm³/mol. The van der Waals surface area contributed by atoms with Crippen LogP contribution in [0.1, 0.15) is 38.5 Å². The largest absolute Gasteiger partial charge is 0.376 e. The minimum absolute atomic E-state index is 0.192. The molecule has 0 aromatic heterocycles. The second-order valence-corrected chi connectivity index (χ2v) is 5.28. The Morgan fingerprint density at radius 1 is 1.18 bits per heavy atom. The molecule has 1 atom stereocenters. The standard InChI is InChI=1S/C13H24N2O2/c16-13(14-10-12-6-5-9-17-12)11-15-7-3-1-2-4-8-15/h12H,1-11H2,(H,14,16)/p+1/t12-/m0/s1. The van der Waals surface area contributed by atoms with E-state index in [-0.39, 0.29) is 12.0 Å². The minimum Gasteiger partial charge on any atom is -0.376 e. The van der Waals surface area contributed by atoms with E-state index in [1.54, 1.807) is 0 Å². The van der Waals surface area contributed by atoms with Crippen LogP contribution in [0, 0.1) is 0 Å². The molecule has 98 valence electrons. The van der Waals surface area contributed by atoms with Crippen molar-refractivity contribution >= 4 is 5.91 Å². The van der Waals surface area contributed by atoms with Crippen LogP contribution in [-0.2, 0) is 9.53 Å². The molecule has 4 heteroatoms. The lowest BCUT2D eigenvalue weighted by Crippen LogP contribution is -3.13. The molecule has 2 saturated heterocycles. The third kappa shape index (κ3) is 4.64. The van der Waals surface area contributed by atoms with Gasteiger partial charge in [-0.2, -0.15) is 0 Å². The third-order valence-corrected chi connectivity index (χ3v) is 3.77. The Kier molecular flexibility index (Phi) is 5.26. The van der Waals surface area contributed by atoms with E-state index >= 15 is 0 Å². The van der Waals surface area contributed by atoms with Crippen LogP contribution in [-0.4, -0.2) is 44.8 Å².